The lowest BCUT2D eigenvalue weighted by Gasteiger charge is -2.19. The molecule has 5 nitrogen and oxygen atoms in total. The Bertz CT molecular complexity index is 559. The molecule has 1 fully saturated rings. The zero-order chi connectivity index (χ0) is 13.9. The normalized spacial score (nSPS) is 20.4. The van der Waals surface area contributed by atoms with Crippen molar-refractivity contribution in [3.8, 4) is 0 Å². The van der Waals surface area contributed by atoms with E-state index in [1.165, 1.54) is 5.01 Å². The van der Waals surface area contributed by atoms with Gasteiger partial charge in [0.05, 0.1) is 29.7 Å². The van der Waals surface area contributed by atoms with Crippen molar-refractivity contribution in [2.45, 2.75) is 32.4 Å². The number of aromatic nitrogens is 3. The summed E-state index contributed by atoms with van der Waals surface area (Å²) in [5, 5.41) is 3.26. The van der Waals surface area contributed by atoms with Gasteiger partial charge in [-0.3, -0.25) is 0 Å². The Kier molecular flexibility index (Phi) is 4.14. The Morgan fingerprint density at radius 2 is 2.50 bits per heavy atom. The second kappa shape index (κ2) is 6.03. The Balaban J connectivity index is 1.66. The van der Waals surface area contributed by atoms with Gasteiger partial charge in [0.15, 0.2) is 0 Å². The molecular weight excluding hydrogens is 272 g/mol. The molecule has 2 atom stereocenters. The van der Waals surface area contributed by atoms with Crippen molar-refractivity contribution in [1.82, 2.24) is 14.5 Å². The van der Waals surface area contributed by atoms with Gasteiger partial charge in [-0.1, -0.05) is 0 Å². The smallest absolute Gasteiger partial charge is 0.0948 e. The molecule has 1 aliphatic rings. The predicted molar refractivity (Wildman–Crippen MR) is 78.6 cm³/mol. The monoisotopic (exact) mass is 292 g/mol. The van der Waals surface area contributed by atoms with Crippen LogP contribution in [-0.4, -0.2) is 27.7 Å². The number of thiazole rings is 1. The topological polar surface area (TPSA) is 66.0 Å². The van der Waals surface area contributed by atoms with E-state index in [1.807, 2.05) is 19.4 Å². The Morgan fingerprint density at radius 1 is 1.60 bits per heavy atom. The molecule has 0 amide bonds. The van der Waals surface area contributed by atoms with E-state index in [-0.39, 0.29) is 6.04 Å². The van der Waals surface area contributed by atoms with Gasteiger partial charge in [-0.25, -0.2) is 9.97 Å². The van der Waals surface area contributed by atoms with E-state index in [9.17, 15) is 0 Å². The molecule has 2 aromatic rings. The lowest BCUT2D eigenvalue weighted by Crippen LogP contribution is -2.24. The van der Waals surface area contributed by atoms with Crippen LogP contribution in [-0.2, 0) is 17.7 Å². The minimum atomic E-state index is 0.0121. The van der Waals surface area contributed by atoms with Gasteiger partial charge in [0.2, 0.25) is 0 Å². The Hall–Kier alpha value is -1.24. The SMILES string of the molecule is Cc1csc(CCn2cncc2C(N)C2CCOC2)n1. The second-order valence-corrected chi connectivity index (χ2v) is 6.24. The van der Waals surface area contributed by atoms with Crippen molar-refractivity contribution in [2.24, 2.45) is 11.7 Å². The molecule has 2 unspecified atom stereocenters. The van der Waals surface area contributed by atoms with Crippen molar-refractivity contribution in [1.29, 1.82) is 0 Å². The maximum atomic E-state index is 6.36. The van der Waals surface area contributed by atoms with E-state index in [1.54, 1.807) is 11.3 Å². The molecule has 0 saturated carbocycles. The molecule has 108 valence electrons. The number of hydrogen-bond acceptors (Lipinski definition) is 5. The maximum Gasteiger partial charge on any atom is 0.0948 e. The quantitative estimate of drug-likeness (QED) is 0.914. The van der Waals surface area contributed by atoms with Crippen LogP contribution < -0.4 is 5.73 Å². The molecule has 3 heterocycles. The standard InChI is InChI=1S/C14H20N4OS/c1-10-8-20-13(17-10)2-4-18-9-16-6-12(18)14(15)11-3-5-19-7-11/h6,8-9,11,14H,2-5,7,15H2,1H3. The van der Waals surface area contributed by atoms with Crippen molar-refractivity contribution < 1.29 is 4.74 Å². The van der Waals surface area contributed by atoms with Gasteiger partial charge in [-0.2, -0.15) is 0 Å². The summed E-state index contributed by atoms with van der Waals surface area (Å²) in [6.45, 7) is 4.49. The Labute approximate surface area is 122 Å². The number of ether oxygens (including phenoxy) is 1. The van der Waals surface area contributed by atoms with Crippen LogP contribution >= 0.6 is 11.3 Å². The molecular formula is C14H20N4OS. The average molecular weight is 292 g/mol. The highest BCUT2D eigenvalue weighted by Gasteiger charge is 2.26. The third-order valence-electron chi connectivity index (χ3n) is 3.79. The van der Waals surface area contributed by atoms with Crippen LogP contribution in [0.5, 0.6) is 0 Å². The molecule has 6 heteroatoms. The first-order valence-corrected chi connectivity index (χ1v) is 7.86. The molecule has 3 rings (SSSR count). The van der Waals surface area contributed by atoms with E-state index >= 15 is 0 Å². The third-order valence-corrected chi connectivity index (χ3v) is 4.82. The van der Waals surface area contributed by atoms with Gasteiger partial charge < -0.3 is 15.0 Å². The van der Waals surface area contributed by atoms with E-state index < -0.39 is 0 Å². The van der Waals surface area contributed by atoms with Crippen LogP contribution in [0.2, 0.25) is 0 Å². The second-order valence-electron chi connectivity index (χ2n) is 5.29. The van der Waals surface area contributed by atoms with Crippen molar-refractivity contribution >= 4 is 11.3 Å². The van der Waals surface area contributed by atoms with Gasteiger partial charge in [0.25, 0.3) is 0 Å². The highest BCUT2D eigenvalue weighted by Crippen LogP contribution is 2.26. The summed E-state index contributed by atoms with van der Waals surface area (Å²) in [7, 11) is 0. The highest BCUT2D eigenvalue weighted by atomic mass is 32.1. The molecule has 0 radical (unpaired) electrons. The van der Waals surface area contributed by atoms with Crippen LogP contribution in [0.3, 0.4) is 0 Å². The van der Waals surface area contributed by atoms with Crippen molar-refractivity contribution in [3.05, 3.63) is 34.3 Å². The van der Waals surface area contributed by atoms with Crippen LogP contribution in [0.4, 0.5) is 0 Å². The van der Waals surface area contributed by atoms with Crippen LogP contribution in [0.1, 0.15) is 28.9 Å². The summed E-state index contributed by atoms with van der Waals surface area (Å²) in [6, 6.07) is 0.0121. The average Bonchev–Trinajstić information content (AvgIpc) is 3.17. The largest absolute Gasteiger partial charge is 0.381 e. The maximum absolute atomic E-state index is 6.36. The summed E-state index contributed by atoms with van der Waals surface area (Å²) >= 11 is 1.71. The number of nitrogens with zero attached hydrogens (tertiary/aromatic N) is 3. The fraction of sp³-hybridized carbons (Fsp3) is 0.571. The lowest BCUT2D eigenvalue weighted by molar-refractivity contribution is 0.180. The minimum Gasteiger partial charge on any atom is -0.381 e. The van der Waals surface area contributed by atoms with Crippen molar-refractivity contribution in [3.63, 3.8) is 0 Å². The number of rotatable bonds is 5. The van der Waals surface area contributed by atoms with E-state index in [0.29, 0.717) is 5.92 Å². The van der Waals surface area contributed by atoms with Crippen LogP contribution in [0.25, 0.3) is 0 Å². The molecule has 1 saturated heterocycles. The first kappa shape index (κ1) is 13.7. The van der Waals surface area contributed by atoms with E-state index in [2.05, 4.69) is 19.9 Å². The first-order valence-electron chi connectivity index (χ1n) is 6.98. The summed E-state index contributed by atoms with van der Waals surface area (Å²) in [5.74, 6) is 0.410. The van der Waals surface area contributed by atoms with Crippen molar-refractivity contribution in [2.75, 3.05) is 13.2 Å². The van der Waals surface area contributed by atoms with Crippen LogP contribution in [0, 0.1) is 12.8 Å². The van der Waals surface area contributed by atoms with Gasteiger partial charge in [-0.05, 0) is 13.3 Å². The molecule has 0 bridgehead atoms. The van der Waals surface area contributed by atoms with Gasteiger partial charge in [-0.15, -0.1) is 11.3 Å². The number of nitrogens with two attached hydrogens (primary N) is 1. The minimum absolute atomic E-state index is 0.0121. The Morgan fingerprint density at radius 3 is 3.20 bits per heavy atom. The summed E-state index contributed by atoms with van der Waals surface area (Å²) in [6.07, 6.45) is 5.72. The van der Waals surface area contributed by atoms with E-state index in [0.717, 1.165) is 44.0 Å². The molecule has 1 aliphatic heterocycles. The van der Waals surface area contributed by atoms with Gasteiger partial charge in [0, 0.05) is 42.8 Å². The summed E-state index contributed by atoms with van der Waals surface area (Å²) < 4.78 is 7.58. The highest BCUT2D eigenvalue weighted by molar-refractivity contribution is 7.09. The number of aryl methyl sites for hydroxylation is 3. The zero-order valence-corrected chi connectivity index (χ0v) is 12.5. The summed E-state index contributed by atoms with van der Waals surface area (Å²) in [5.41, 5.74) is 8.56. The fourth-order valence-corrected chi connectivity index (χ4v) is 3.37. The van der Waals surface area contributed by atoms with Crippen LogP contribution in [0.15, 0.2) is 17.9 Å². The zero-order valence-electron chi connectivity index (χ0n) is 11.7. The number of hydrogen-bond donors (Lipinski definition) is 1. The third kappa shape index (κ3) is 2.92. The predicted octanol–water partition coefficient (Wildman–Crippen LogP) is 1.93. The molecule has 2 N–H and O–H groups in total. The summed E-state index contributed by atoms with van der Waals surface area (Å²) in [4.78, 5) is 8.75. The number of imidazole rings is 1. The molecule has 0 spiro atoms. The van der Waals surface area contributed by atoms with Gasteiger partial charge in [0.1, 0.15) is 0 Å². The lowest BCUT2D eigenvalue weighted by atomic mass is 9.97. The molecule has 0 aliphatic carbocycles. The molecule has 2 aromatic heterocycles. The van der Waals surface area contributed by atoms with E-state index in [4.69, 9.17) is 10.5 Å². The van der Waals surface area contributed by atoms with Gasteiger partial charge >= 0.3 is 0 Å². The molecule has 20 heavy (non-hydrogen) atoms. The first-order chi connectivity index (χ1) is 9.74. The fourth-order valence-electron chi connectivity index (χ4n) is 2.61. The molecule has 0 aromatic carbocycles.